The minimum absolute atomic E-state index is 0.126. The molecule has 3 heteroatoms. The van der Waals surface area contributed by atoms with Crippen LogP contribution in [0.25, 0.3) is 6.08 Å². The second-order valence-corrected chi connectivity index (χ2v) is 4.32. The van der Waals surface area contributed by atoms with E-state index in [1.807, 2.05) is 0 Å². The van der Waals surface area contributed by atoms with Crippen molar-refractivity contribution in [2.75, 3.05) is 0 Å². The Morgan fingerprint density at radius 1 is 1.22 bits per heavy atom. The Hall–Kier alpha value is -1.51. The van der Waals surface area contributed by atoms with Crippen molar-refractivity contribution in [2.45, 2.75) is 39.5 Å². The number of carbonyl (C=O) groups is 1. The number of rotatable bonds is 6. The minimum Gasteiger partial charge on any atom is -0.295 e. The van der Waals surface area contributed by atoms with Gasteiger partial charge in [-0.2, -0.15) is 0 Å². The maximum absolute atomic E-state index is 13.5. The quantitative estimate of drug-likeness (QED) is 0.537. The minimum atomic E-state index is -0.635. The van der Waals surface area contributed by atoms with Crippen LogP contribution in [0, 0.1) is 11.6 Å². The molecule has 0 aliphatic rings. The van der Waals surface area contributed by atoms with Crippen LogP contribution in [0.15, 0.2) is 23.8 Å². The van der Waals surface area contributed by atoms with Crippen molar-refractivity contribution in [1.82, 2.24) is 0 Å². The first-order valence-electron chi connectivity index (χ1n) is 6.21. The van der Waals surface area contributed by atoms with Gasteiger partial charge in [0.15, 0.2) is 5.78 Å². The first kappa shape index (κ1) is 14.6. The molecular formula is C15H18F2O. The first-order valence-corrected chi connectivity index (χ1v) is 6.21. The van der Waals surface area contributed by atoms with E-state index in [1.54, 1.807) is 0 Å². The third-order valence-corrected chi connectivity index (χ3v) is 2.82. The van der Waals surface area contributed by atoms with Gasteiger partial charge in [0.25, 0.3) is 0 Å². The molecular weight excluding hydrogens is 234 g/mol. The van der Waals surface area contributed by atoms with E-state index in [1.165, 1.54) is 31.2 Å². The van der Waals surface area contributed by atoms with Crippen molar-refractivity contribution in [3.63, 3.8) is 0 Å². The number of ketones is 1. The fourth-order valence-electron chi connectivity index (χ4n) is 1.74. The number of carbonyl (C=O) groups excluding carboxylic acids is 1. The number of Topliss-reactive ketones (excluding diaryl/α,β-unsaturated/α-hetero) is 1. The van der Waals surface area contributed by atoms with Gasteiger partial charge in [0.2, 0.25) is 0 Å². The van der Waals surface area contributed by atoms with E-state index in [0.29, 0.717) is 12.0 Å². The van der Waals surface area contributed by atoms with E-state index in [4.69, 9.17) is 0 Å². The molecule has 1 rings (SSSR count). The Balaban J connectivity index is 2.97. The molecule has 18 heavy (non-hydrogen) atoms. The van der Waals surface area contributed by atoms with Gasteiger partial charge in [-0.15, -0.1) is 0 Å². The van der Waals surface area contributed by atoms with Gasteiger partial charge in [-0.25, -0.2) is 8.78 Å². The second-order valence-electron chi connectivity index (χ2n) is 4.32. The van der Waals surface area contributed by atoms with Gasteiger partial charge in [0.05, 0.1) is 0 Å². The predicted octanol–water partition coefficient (Wildman–Crippen LogP) is 4.52. The summed E-state index contributed by atoms with van der Waals surface area (Å²) in [6, 6.07) is 3.70. The molecule has 0 radical (unpaired) electrons. The van der Waals surface area contributed by atoms with Crippen LogP contribution in [-0.2, 0) is 4.79 Å². The van der Waals surface area contributed by atoms with E-state index in [0.717, 1.165) is 19.3 Å². The van der Waals surface area contributed by atoms with Crippen LogP contribution in [0.5, 0.6) is 0 Å². The van der Waals surface area contributed by atoms with Gasteiger partial charge in [0.1, 0.15) is 11.6 Å². The van der Waals surface area contributed by atoms with Crippen molar-refractivity contribution in [2.24, 2.45) is 0 Å². The molecule has 0 amide bonds. The van der Waals surface area contributed by atoms with Gasteiger partial charge in [-0.3, -0.25) is 4.79 Å². The van der Waals surface area contributed by atoms with Crippen LogP contribution in [0.1, 0.15) is 45.1 Å². The number of hydrogen-bond acceptors (Lipinski definition) is 1. The van der Waals surface area contributed by atoms with E-state index in [-0.39, 0.29) is 11.3 Å². The second kappa shape index (κ2) is 7.04. The van der Waals surface area contributed by atoms with Crippen molar-refractivity contribution in [3.8, 4) is 0 Å². The summed E-state index contributed by atoms with van der Waals surface area (Å²) in [7, 11) is 0. The molecule has 0 fully saturated rings. The van der Waals surface area contributed by atoms with Crippen LogP contribution in [0.2, 0.25) is 0 Å². The molecule has 0 atom stereocenters. The molecule has 98 valence electrons. The van der Waals surface area contributed by atoms with Gasteiger partial charge in [-0.05, 0) is 43.5 Å². The molecule has 0 aliphatic carbocycles. The van der Waals surface area contributed by atoms with E-state index >= 15 is 0 Å². The molecule has 0 N–H and O–H groups in total. The van der Waals surface area contributed by atoms with Gasteiger partial charge in [-0.1, -0.05) is 25.8 Å². The Morgan fingerprint density at radius 3 is 2.33 bits per heavy atom. The lowest BCUT2D eigenvalue weighted by Crippen LogP contribution is -1.99. The van der Waals surface area contributed by atoms with Gasteiger partial charge in [0, 0.05) is 5.56 Å². The zero-order valence-electron chi connectivity index (χ0n) is 10.8. The largest absolute Gasteiger partial charge is 0.295 e. The van der Waals surface area contributed by atoms with E-state index in [2.05, 4.69) is 6.92 Å². The summed E-state index contributed by atoms with van der Waals surface area (Å²) in [4.78, 5) is 11.5. The average Bonchev–Trinajstić information content (AvgIpc) is 2.31. The molecule has 0 aliphatic heterocycles. The Labute approximate surface area is 107 Å². The van der Waals surface area contributed by atoms with Gasteiger partial charge >= 0.3 is 0 Å². The maximum atomic E-state index is 13.5. The monoisotopic (exact) mass is 252 g/mol. The number of hydrogen-bond donors (Lipinski definition) is 0. The zero-order chi connectivity index (χ0) is 13.5. The molecule has 1 aromatic rings. The fraction of sp³-hybridized carbons (Fsp3) is 0.400. The van der Waals surface area contributed by atoms with Crippen molar-refractivity contribution in [3.05, 3.63) is 41.0 Å². The number of unbranched alkanes of at least 4 members (excludes halogenated alkanes) is 2. The van der Waals surface area contributed by atoms with Crippen molar-refractivity contribution < 1.29 is 13.6 Å². The summed E-state index contributed by atoms with van der Waals surface area (Å²) in [5.74, 6) is -1.40. The van der Waals surface area contributed by atoms with Gasteiger partial charge < -0.3 is 0 Å². The smallest absolute Gasteiger partial charge is 0.155 e. The Morgan fingerprint density at radius 2 is 1.83 bits per heavy atom. The zero-order valence-corrected chi connectivity index (χ0v) is 10.8. The van der Waals surface area contributed by atoms with E-state index < -0.39 is 11.6 Å². The maximum Gasteiger partial charge on any atom is 0.155 e. The van der Waals surface area contributed by atoms with Crippen molar-refractivity contribution >= 4 is 11.9 Å². The summed E-state index contributed by atoms with van der Waals surface area (Å²) in [5, 5.41) is 0. The molecule has 0 unspecified atom stereocenters. The highest BCUT2D eigenvalue weighted by Gasteiger charge is 2.09. The van der Waals surface area contributed by atoms with Crippen LogP contribution in [0.4, 0.5) is 8.78 Å². The fourth-order valence-corrected chi connectivity index (χ4v) is 1.74. The summed E-state index contributed by atoms with van der Waals surface area (Å²) in [6.45, 7) is 3.49. The van der Waals surface area contributed by atoms with Crippen molar-refractivity contribution in [1.29, 1.82) is 0 Å². The lowest BCUT2D eigenvalue weighted by atomic mass is 10.0. The lowest BCUT2D eigenvalue weighted by molar-refractivity contribution is -0.113. The highest BCUT2D eigenvalue weighted by molar-refractivity contribution is 5.97. The molecule has 1 aromatic carbocycles. The molecule has 1 nitrogen and oxygen atoms in total. The SMILES string of the molecule is CCCCCC(=Cc1c(F)cccc1F)C(C)=O. The summed E-state index contributed by atoms with van der Waals surface area (Å²) < 4.78 is 26.9. The molecule has 0 heterocycles. The Kier molecular flexibility index (Phi) is 5.69. The molecule has 0 spiro atoms. The Bertz CT molecular complexity index is 430. The highest BCUT2D eigenvalue weighted by Crippen LogP contribution is 2.19. The number of allylic oxidation sites excluding steroid dienone is 1. The highest BCUT2D eigenvalue weighted by atomic mass is 19.1. The topological polar surface area (TPSA) is 17.1 Å². The number of halogens is 2. The van der Waals surface area contributed by atoms with Crippen LogP contribution in [-0.4, -0.2) is 5.78 Å². The molecule has 0 bridgehead atoms. The third kappa shape index (κ3) is 4.06. The normalized spacial score (nSPS) is 11.7. The number of benzene rings is 1. The molecule has 0 saturated carbocycles. The van der Waals surface area contributed by atoms with E-state index in [9.17, 15) is 13.6 Å². The van der Waals surface area contributed by atoms with Crippen LogP contribution in [0.3, 0.4) is 0 Å². The van der Waals surface area contributed by atoms with Crippen LogP contribution >= 0.6 is 0 Å². The molecule has 0 saturated heterocycles. The average molecular weight is 252 g/mol. The third-order valence-electron chi connectivity index (χ3n) is 2.82. The summed E-state index contributed by atoms with van der Waals surface area (Å²) in [6.07, 6.45) is 4.81. The standard InChI is InChI=1S/C15H18F2O/c1-3-4-5-7-12(11(2)18)10-13-14(16)8-6-9-15(13)17/h6,8-10H,3-5,7H2,1-2H3. The summed E-state index contributed by atoms with van der Waals surface area (Å²) in [5.41, 5.74) is 0.353. The molecule has 0 aromatic heterocycles. The van der Waals surface area contributed by atoms with Crippen LogP contribution < -0.4 is 0 Å². The predicted molar refractivity (Wildman–Crippen MR) is 69.2 cm³/mol. The lowest BCUT2D eigenvalue weighted by Gasteiger charge is -2.05. The first-order chi connectivity index (χ1) is 8.56. The summed E-state index contributed by atoms with van der Waals surface area (Å²) >= 11 is 0.